The first-order valence-corrected chi connectivity index (χ1v) is 6.87. The van der Waals surface area contributed by atoms with Crippen molar-refractivity contribution in [2.45, 2.75) is 26.3 Å². The van der Waals surface area contributed by atoms with Gasteiger partial charge in [0.2, 0.25) is 0 Å². The highest BCUT2D eigenvalue weighted by atomic mass is 35.5. The quantitative estimate of drug-likeness (QED) is 0.862. The van der Waals surface area contributed by atoms with Gasteiger partial charge in [0.25, 0.3) is 5.91 Å². The number of H-pyrrole nitrogens is 1. The molecule has 0 aliphatic carbocycles. The lowest BCUT2D eigenvalue weighted by Gasteiger charge is -2.16. The average Bonchev–Trinajstić information content (AvgIpc) is 2.90. The van der Waals surface area contributed by atoms with Gasteiger partial charge in [-0.15, -0.1) is 0 Å². The number of nitrogens with zero attached hydrogens (tertiary/aromatic N) is 3. The molecule has 2 rings (SSSR count). The maximum Gasteiger partial charge on any atom is 0.254 e. The van der Waals surface area contributed by atoms with Crippen molar-refractivity contribution < 1.29 is 4.79 Å². The third kappa shape index (κ3) is 3.57. The zero-order valence-electron chi connectivity index (χ0n) is 11.6. The van der Waals surface area contributed by atoms with Crippen LogP contribution in [0.2, 0.25) is 5.15 Å². The van der Waals surface area contributed by atoms with Gasteiger partial charge in [-0.25, -0.2) is 4.98 Å². The first-order valence-electron chi connectivity index (χ1n) is 6.49. The van der Waals surface area contributed by atoms with Gasteiger partial charge in [-0.05, 0) is 18.6 Å². The van der Waals surface area contributed by atoms with E-state index in [1.165, 1.54) is 0 Å². The lowest BCUT2D eigenvalue weighted by atomic mass is 10.1. The van der Waals surface area contributed by atoms with Crippen molar-refractivity contribution in [3.05, 3.63) is 46.5 Å². The largest absolute Gasteiger partial charge is 0.337 e. The summed E-state index contributed by atoms with van der Waals surface area (Å²) in [5, 5.41) is 6.95. The number of aryl methyl sites for hydroxylation is 1. The van der Waals surface area contributed by atoms with Crippen LogP contribution in [0.15, 0.2) is 24.5 Å². The summed E-state index contributed by atoms with van der Waals surface area (Å²) >= 11 is 5.98. The Bertz CT molecular complexity index is 583. The van der Waals surface area contributed by atoms with Crippen molar-refractivity contribution in [3.8, 4) is 0 Å². The molecule has 2 aromatic rings. The van der Waals surface area contributed by atoms with E-state index in [9.17, 15) is 4.79 Å². The molecular weight excluding hydrogens is 276 g/mol. The molecule has 6 heteroatoms. The normalized spacial score (nSPS) is 10.6. The maximum atomic E-state index is 12.4. The van der Waals surface area contributed by atoms with E-state index >= 15 is 0 Å². The molecule has 1 N–H and O–H groups in total. The minimum absolute atomic E-state index is 0.0761. The molecule has 20 heavy (non-hydrogen) atoms. The lowest BCUT2D eigenvalue weighted by molar-refractivity contribution is 0.0785. The number of halogens is 1. The molecule has 0 unspecified atom stereocenters. The van der Waals surface area contributed by atoms with Crippen LogP contribution in [-0.4, -0.2) is 33.0 Å². The number of pyridine rings is 1. The standard InChI is InChI=1S/C14H17ClN4O/c1-3-4-12-5-11(6-13(15)18-12)14(20)19(2)9-10-7-16-17-8-10/h5-8H,3-4,9H2,1-2H3,(H,16,17). The van der Waals surface area contributed by atoms with E-state index in [1.54, 1.807) is 30.4 Å². The summed E-state index contributed by atoms with van der Waals surface area (Å²) in [5.74, 6) is -0.0761. The van der Waals surface area contributed by atoms with Crippen LogP contribution in [-0.2, 0) is 13.0 Å². The molecule has 5 nitrogen and oxygen atoms in total. The summed E-state index contributed by atoms with van der Waals surface area (Å²) in [4.78, 5) is 18.2. The van der Waals surface area contributed by atoms with Gasteiger partial charge < -0.3 is 4.90 Å². The highest BCUT2D eigenvalue weighted by molar-refractivity contribution is 6.29. The number of rotatable bonds is 5. The molecule has 1 amide bonds. The van der Waals surface area contributed by atoms with Gasteiger partial charge in [-0.3, -0.25) is 9.89 Å². The molecule has 0 fully saturated rings. The summed E-state index contributed by atoms with van der Waals surface area (Å²) in [6, 6.07) is 3.42. The Hall–Kier alpha value is -1.88. The second-order valence-corrected chi connectivity index (χ2v) is 5.07. The molecule has 0 saturated carbocycles. The average molecular weight is 293 g/mol. The van der Waals surface area contributed by atoms with E-state index in [4.69, 9.17) is 11.6 Å². The van der Waals surface area contributed by atoms with Crippen molar-refractivity contribution in [2.24, 2.45) is 0 Å². The van der Waals surface area contributed by atoms with Gasteiger partial charge in [0.15, 0.2) is 0 Å². The predicted octanol–water partition coefficient (Wildman–Crippen LogP) is 2.68. The van der Waals surface area contributed by atoms with Crippen LogP contribution in [0.4, 0.5) is 0 Å². The Labute approximate surface area is 123 Å². The summed E-state index contributed by atoms with van der Waals surface area (Å²) in [6.45, 7) is 2.56. The van der Waals surface area contributed by atoms with Crippen LogP contribution in [0.1, 0.15) is 35.0 Å². The Morgan fingerprint density at radius 3 is 2.90 bits per heavy atom. The zero-order valence-corrected chi connectivity index (χ0v) is 12.3. The van der Waals surface area contributed by atoms with Crippen molar-refractivity contribution in [1.29, 1.82) is 0 Å². The summed E-state index contributed by atoms with van der Waals surface area (Å²) in [7, 11) is 1.75. The van der Waals surface area contributed by atoms with Crippen LogP contribution < -0.4 is 0 Å². The molecule has 0 aliphatic heterocycles. The van der Waals surface area contributed by atoms with Crippen LogP contribution in [0.3, 0.4) is 0 Å². The molecule has 2 aromatic heterocycles. The fourth-order valence-electron chi connectivity index (χ4n) is 1.99. The zero-order chi connectivity index (χ0) is 14.5. The number of carbonyl (C=O) groups is 1. The lowest BCUT2D eigenvalue weighted by Crippen LogP contribution is -2.26. The molecule has 0 spiro atoms. The van der Waals surface area contributed by atoms with Gasteiger partial charge in [0.1, 0.15) is 5.15 Å². The Morgan fingerprint density at radius 2 is 2.25 bits per heavy atom. The Morgan fingerprint density at radius 1 is 1.45 bits per heavy atom. The van der Waals surface area contributed by atoms with Gasteiger partial charge in [-0.2, -0.15) is 5.10 Å². The van der Waals surface area contributed by atoms with Crippen LogP contribution in [0.5, 0.6) is 0 Å². The first-order chi connectivity index (χ1) is 9.60. The third-order valence-electron chi connectivity index (χ3n) is 2.92. The molecule has 0 radical (unpaired) electrons. The van der Waals surface area contributed by atoms with Gasteiger partial charge >= 0.3 is 0 Å². The fraction of sp³-hybridized carbons (Fsp3) is 0.357. The maximum absolute atomic E-state index is 12.4. The number of aromatic nitrogens is 3. The van der Waals surface area contributed by atoms with E-state index in [1.807, 2.05) is 6.07 Å². The van der Waals surface area contributed by atoms with Crippen molar-refractivity contribution in [2.75, 3.05) is 7.05 Å². The highest BCUT2D eigenvalue weighted by Crippen LogP contribution is 2.15. The molecule has 2 heterocycles. The minimum Gasteiger partial charge on any atom is -0.337 e. The predicted molar refractivity (Wildman–Crippen MR) is 77.6 cm³/mol. The van der Waals surface area contributed by atoms with Gasteiger partial charge in [0, 0.05) is 36.6 Å². The fourth-order valence-corrected chi connectivity index (χ4v) is 2.22. The number of hydrogen-bond acceptors (Lipinski definition) is 3. The molecule has 0 bridgehead atoms. The first kappa shape index (κ1) is 14.5. The van der Waals surface area contributed by atoms with E-state index < -0.39 is 0 Å². The van der Waals surface area contributed by atoms with Crippen LogP contribution in [0.25, 0.3) is 0 Å². The van der Waals surface area contributed by atoms with E-state index in [0.717, 1.165) is 24.1 Å². The summed E-state index contributed by atoms with van der Waals surface area (Å²) < 4.78 is 0. The van der Waals surface area contributed by atoms with Gasteiger partial charge in [0.05, 0.1) is 6.20 Å². The molecule has 0 aliphatic rings. The highest BCUT2D eigenvalue weighted by Gasteiger charge is 2.14. The Balaban J connectivity index is 2.15. The van der Waals surface area contributed by atoms with Crippen LogP contribution >= 0.6 is 11.6 Å². The Kier molecular flexibility index (Phi) is 4.74. The second-order valence-electron chi connectivity index (χ2n) is 4.69. The van der Waals surface area contributed by atoms with Crippen molar-refractivity contribution in [3.63, 3.8) is 0 Å². The number of carbonyl (C=O) groups excluding carboxylic acids is 1. The molecule has 0 atom stereocenters. The number of nitrogens with one attached hydrogen (secondary N) is 1. The molecular formula is C14H17ClN4O. The van der Waals surface area contributed by atoms with E-state index in [2.05, 4.69) is 22.1 Å². The smallest absolute Gasteiger partial charge is 0.254 e. The van der Waals surface area contributed by atoms with Crippen molar-refractivity contribution >= 4 is 17.5 Å². The molecule has 0 saturated heterocycles. The number of aromatic amines is 1. The third-order valence-corrected chi connectivity index (χ3v) is 3.12. The minimum atomic E-state index is -0.0761. The monoisotopic (exact) mass is 292 g/mol. The summed E-state index contributed by atoms with van der Waals surface area (Å²) in [5.41, 5.74) is 2.37. The number of hydrogen-bond donors (Lipinski definition) is 1. The SMILES string of the molecule is CCCc1cc(C(=O)N(C)Cc2cn[nH]c2)cc(Cl)n1. The summed E-state index contributed by atoms with van der Waals surface area (Å²) in [6.07, 6.45) is 5.25. The number of amides is 1. The van der Waals surface area contributed by atoms with Gasteiger partial charge in [-0.1, -0.05) is 24.9 Å². The second kappa shape index (κ2) is 6.52. The van der Waals surface area contributed by atoms with Crippen molar-refractivity contribution in [1.82, 2.24) is 20.1 Å². The molecule has 0 aromatic carbocycles. The topological polar surface area (TPSA) is 61.9 Å². The molecule has 106 valence electrons. The van der Waals surface area contributed by atoms with E-state index in [0.29, 0.717) is 17.3 Å². The van der Waals surface area contributed by atoms with E-state index in [-0.39, 0.29) is 5.91 Å². The van der Waals surface area contributed by atoms with Crippen LogP contribution in [0, 0.1) is 0 Å².